The molecule has 0 fully saturated rings. The molecule has 0 saturated carbocycles. The molecule has 5 heteroatoms. The molecule has 3 nitrogen and oxygen atoms in total. The normalized spacial score (nSPS) is 15.5. The molecular weight excluding hydrogens is 326 g/mol. The highest BCUT2D eigenvalue weighted by molar-refractivity contribution is 7.13. The largest absolute Gasteiger partial charge is 0.350 e. The first-order valence-corrected chi connectivity index (χ1v) is 8.48. The number of aryl methyl sites for hydroxylation is 1. The Morgan fingerprint density at radius 3 is 2.83 bits per heavy atom. The molecule has 0 spiro atoms. The van der Waals surface area contributed by atoms with Crippen LogP contribution in [0.5, 0.6) is 0 Å². The number of hydrogen-bond acceptors (Lipinski definition) is 3. The van der Waals surface area contributed by atoms with Crippen molar-refractivity contribution in [3.05, 3.63) is 47.6 Å². The molecule has 0 aliphatic carbocycles. The maximum Gasteiger partial charge on any atom is 0.126 e. The van der Waals surface area contributed by atoms with Crippen molar-refractivity contribution >= 4 is 40.2 Å². The maximum absolute atomic E-state index is 4.91. The molecule has 1 aliphatic rings. The van der Waals surface area contributed by atoms with Gasteiger partial charge < -0.3 is 9.47 Å². The van der Waals surface area contributed by atoms with Crippen LogP contribution in [0.4, 0.5) is 0 Å². The van der Waals surface area contributed by atoms with E-state index in [0.29, 0.717) is 0 Å². The summed E-state index contributed by atoms with van der Waals surface area (Å²) in [6.07, 6.45) is 5.64. The summed E-state index contributed by atoms with van der Waals surface area (Å²) in [5.41, 5.74) is 4.99. The van der Waals surface area contributed by atoms with Crippen molar-refractivity contribution in [2.24, 2.45) is 7.05 Å². The topological polar surface area (TPSA) is 21.1 Å². The number of rotatable bonds is 2. The van der Waals surface area contributed by atoms with Crippen LogP contribution in [-0.2, 0) is 7.05 Å². The minimum atomic E-state index is 0. The van der Waals surface area contributed by atoms with Gasteiger partial charge in [-0.2, -0.15) is 0 Å². The summed E-state index contributed by atoms with van der Waals surface area (Å²) in [5, 5.41) is 4.59. The second-order valence-corrected chi connectivity index (χ2v) is 6.82. The van der Waals surface area contributed by atoms with Crippen molar-refractivity contribution in [2.45, 2.75) is 6.42 Å². The third-order valence-electron chi connectivity index (χ3n) is 4.30. The van der Waals surface area contributed by atoms with Gasteiger partial charge in [0.2, 0.25) is 0 Å². The summed E-state index contributed by atoms with van der Waals surface area (Å²) < 4.78 is 2.18. The molecule has 0 N–H and O–H groups in total. The van der Waals surface area contributed by atoms with Crippen molar-refractivity contribution < 1.29 is 0 Å². The molecule has 120 valence electrons. The minimum Gasteiger partial charge on any atom is -0.350 e. The third kappa shape index (κ3) is 2.94. The smallest absolute Gasteiger partial charge is 0.126 e. The van der Waals surface area contributed by atoms with Gasteiger partial charge in [-0.25, -0.2) is 4.98 Å². The van der Waals surface area contributed by atoms with E-state index in [2.05, 4.69) is 65.5 Å². The van der Waals surface area contributed by atoms with Gasteiger partial charge in [0.1, 0.15) is 5.01 Å². The number of nitrogens with zero attached hydrogens (tertiary/aromatic N) is 3. The molecule has 0 bridgehead atoms. The Hall–Kier alpha value is -1.62. The number of aromatic nitrogens is 2. The van der Waals surface area contributed by atoms with E-state index in [-0.39, 0.29) is 12.4 Å². The van der Waals surface area contributed by atoms with Crippen LogP contribution in [0.2, 0.25) is 0 Å². The standard InChI is InChI=1S/C18H19N3S.ClH/c1-20-9-5-6-13(10-20)16-12-22-18(19-16)15-11-21(2)17-8-4-3-7-14(15)17;/h3-4,6-8,11-12H,5,9-10H2,1-2H3;1H. The molecule has 23 heavy (non-hydrogen) atoms. The van der Waals surface area contributed by atoms with Crippen LogP contribution in [-0.4, -0.2) is 34.6 Å². The molecule has 0 unspecified atom stereocenters. The lowest BCUT2D eigenvalue weighted by atomic mass is 10.1. The van der Waals surface area contributed by atoms with Gasteiger partial charge in [-0.3, -0.25) is 0 Å². The van der Waals surface area contributed by atoms with Crippen LogP contribution in [0.3, 0.4) is 0 Å². The van der Waals surface area contributed by atoms with Crippen LogP contribution in [0.15, 0.2) is 41.9 Å². The molecule has 3 aromatic rings. The Kier molecular flexibility index (Phi) is 4.57. The zero-order valence-electron chi connectivity index (χ0n) is 13.3. The van der Waals surface area contributed by atoms with E-state index in [0.717, 1.165) is 30.2 Å². The summed E-state index contributed by atoms with van der Waals surface area (Å²) in [6, 6.07) is 8.52. The zero-order valence-corrected chi connectivity index (χ0v) is 15.0. The van der Waals surface area contributed by atoms with Gasteiger partial charge >= 0.3 is 0 Å². The maximum atomic E-state index is 4.91. The van der Waals surface area contributed by atoms with Gasteiger partial charge in [0.15, 0.2) is 0 Å². The number of para-hydroxylation sites is 1. The van der Waals surface area contributed by atoms with E-state index in [4.69, 9.17) is 4.98 Å². The summed E-state index contributed by atoms with van der Waals surface area (Å²) in [4.78, 5) is 7.27. The quantitative estimate of drug-likeness (QED) is 0.684. The second-order valence-electron chi connectivity index (χ2n) is 5.96. The van der Waals surface area contributed by atoms with E-state index >= 15 is 0 Å². The molecular formula is C18H20ClN3S. The Bertz CT molecular complexity index is 862. The number of thiazole rings is 1. The predicted molar refractivity (Wildman–Crippen MR) is 101 cm³/mol. The fourth-order valence-electron chi connectivity index (χ4n) is 3.14. The Morgan fingerprint density at radius 2 is 2.00 bits per heavy atom. The Morgan fingerprint density at radius 1 is 1.17 bits per heavy atom. The number of fused-ring (bicyclic) bond motifs is 1. The van der Waals surface area contributed by atoms with Gasteiger partial charge in [-0.1, -0.05) is 24.3 Å². The summed E-state index contributed by atoms with van der Waals surface area (Å²) in [7, 11) is 4.27. The molecule has 3 heterocycles. The summed E-state index contributed by atoms with van der Waals surface area (Å²) in [6.45, 7) is 2.14. The zero-order chi connectivity index (χ0) is 15.1. The first-order chi connectivity index (χ1) is 10.7. The predicted octanol–water partition coefficient (Wildman–Crippen LogP) is 4.44. The van der Waals surface area contributed by atoms with Gasteiger partial charge in [0, 0.05) is 48.2 Å². The van der Waals surface area contributed by atoms with Crippen molar-refractivity contribution in [3.63, 3.8) is 0 Å². The average Bonchev–Trinajstić information content (AvgIpc) is 3.13. The number of benzene rings is 1. The summed E-state index contributed by atoms with van der Waals surface area (Å²) in [5.74, 6) is 0. The SMILES string of the molecule is CN1CCC=C(c2csc(-c3cn(C)c4ccccc34)n2)C1.Cl. The first kappa shape index (κ1) is 16.2. The van der Waals surface area contributed by atoms with Crippen molar-refractivity contribution in [3.8, 4) is 10.6 Å². The van der Waals surface area contributed by atoms with E-state index in [1.807, 2.05) is 0 Å². The van der Waals surface area contributed by atoms with E-state index in [1.54, 1.807) is 11.3 Å². The lowest BCUT2D eigenvalue weighted by Gasteiger charge is -2.21. The van der Waals surface area contributed by atoms with Crippen molar-refractivity contribution in [2.75, 3.05) is 20.1 Å². The van der Waals surface area contributed by atoms with Crippen molar-refractivity contribution in [1.29, 1.82) is 0 Å². The first-order valence-electron chi connectivity index (χ1n) is 7.60. The summed E-state index contributed by atoms with van der Waals surface area (Å²) >= 11 is 1.74. The third-order valence-corrected chi connectivity index (χ3v) is 5.18. The number of hydrogen-bond donors (Lipinski definition) is 0. The van der Waals surface area contributed by atoms with Gasteiger partial charge in [-0.15, -0.1) is 23.7 Å². The van der Waals surface area contributed by atoms with Crippen LogP contribution >= 0.6 is 23.7 Å². The monoisotopic (exact) mass is 345 g/mol. The fraction of sp³-hybridized carbons (Fsp3) is 0.278. The molecule has 1 aromatic carbocycles. The molecule has 0 amide bonds. The molecule has 0 radical (unpaired) electrons. The van der Waals surface area contributed by atoms with Gasteiger partial charge in [0.05, 0.1) is 5.69 Å². The van der Waals surface area contributed by atoms with E-state index in [1.165, 1.54) is 22.0 Å². The molecule has 0 atom stereocenters. The van der Waals surface area contributed by atoms with Crippen LogP contribution in [0, 0.1) is 0 Å². The Labute approximate surface area is 146 Å². The molecule has 1 aliphatic heterocycles. The van der Waals surface area contributed by atoms with E-state index in [9.17, 15) is 0 Å². The highest BCUT2D eigenvalue weighted by atomic mass is 35.5. The molecule has 4 rings (SSSR count). The lowest BCUT2D eigenvalue weighted by Crippen LogP contribution is -2.24. The lowest BCUT2D eigenvalue weighted by molar-refractivity contribution is 0.372. The fourth-order valence-corrected chi connectivity index (χ4v) is 4.00. The number of likely N-dealkylation sites (N-methyl/N-ethyl adjacent to an activating group) is 1. The van der Waals surface area contributed by atoms with Crippen LogP contribution < -0.4 is 0 Å². The van der Waals surface area contributed by atoms with Crippen LogP contribution in [0.25, 0.3) is 27.0 Å². The number of halogens is 1. The van der Waals surface area contributed by atoms with Gasteiger partial charge in [-0.05, 0) is 25.1 Å². The highest BCUT2D eigenvalue weighted by Gasteiger charge is 2.16. The average molecular weight is 346 g/mol. The molecule has 2 aromatic heterocycles. The Balaban J connectivity index is 0.00000156. The van der Waals surface area contributed by atoms with Gasteiger partial charge in [0.25, 0.3) is 0 Å². The van der Waals surface area contributed by atoms with Crippen molar-refractivity contribution in [1.82, 2.24) is 14.5 Å². The second kappa shape index (κ2) is 6.48. The highest BCUT2D eigenvalue weighted by Crippen LogP contribution is 2.33. The van der Waals surface area contributed by atoms with Crippen LogP contribution in [0.1, 0.15) is 12.1 Å². The van der Waals surface area contributed by atoms with E-state index < -0.39 is 0 Å². The minimum absolute atomic E-state index is 0. The molecule has 0 saturated heterocycles.